The third-order valence-corrected chi connectivity index (χ3v) is 6.37. The van der Waals surface area contributed by atoms with Crippen molar-refractivity contribution in [2.45, 2.75) is 33.1 Å². The minimum atomic E-state index is -0.0427. The van der Waals surface area contributed by atoms with Gasteiger partial charge in [0.2, 0.25) is 0 Å². The van der Waals surface area contributed by atoms with Gasteiger partial charge in [-0.15, -0.1) is 0 Å². The molecule has 33 heavy (non-hydrogen) atoms. The lowest BCUT2D eigenvalue weighted by atomic mass is 10.0. The van der Waals surface area contributed by atoms with Gasteiger partial charge in [-0.2, -0.15) is 0 Å². The molecule has 4 rings (SSSR count). The van der Waals surface area contributed by atoms with Crippen molar-refractivity contribution in [2.24, 2.45) is 0 Å². The van der Waals surface area contributed by atoms with Crippen molar-refractivity contribution in [3.8, 4) is 0 Å². The van der Waals surface area contributed by atoms with Crippen LogP contribution in [0, 0.1) is 6.92 Å². The molecule has 0 N–H and O–H groups in total. The Bertz CT molecular complexity index is 1120. The molecule has 1 fully saturated rings. The highest BCUT2D eigenvalue weighted by Crippen LogP contribution is 2.27. The molecule has 0 radical (unpaired) electrons. The molecule has 0 saturated carbocycles. The SMILES string of the molecule is CCc1nc(C)nc(N2CCCN(C(=O)c3cc(Cl)cc(Cl)c3)CC2)c1Cc1ccccc1. The van der Waals surface area contributed by atoms with E-state index in [-0.39, 0.29) is 5.91 Å². The van der Waals surface area contributed by atoms with E-state index in [1.807, 2.05) is 17.9 Å². The molecular formula is C26H28Cl2N4O. The van der Waals surface area contributed by atoms with Crippen LogP contribution in [0.1, 0.15) is 46.3 Å². The smallest absolute Gasteiger partial charge is 0.254 e. The molecule has 0 spiro atoms. The molecule has 172 valence electrons. The molecule has 0 unspecified atom stereocenters. The molecule has 1 amide bonds. The van der Waals surface area contributed by atoms with Crippen LogP contribution in [0.4, 0.5) is 5.82 Å². The Morgan fingerprint density at radius 2 is 1.70 bits per heavy atom. The van der Waals surface area contributed by atoms with E-state index in [0.29, 0.717) is 35.2 Å². The minimum absolute atomic E-state index is 0.0427. The van der Waals surface area contributed by atoms with Crippen LogP contribution in [-0.4, -0.2) is 47.0 Å². The second kappa shape index (κ2) is 10.5. The molecule has 2 aromatic carbocycles. The van der Waals surface area contributed by atoms with Crippen molar-refractivity contribution in [1.82, 2.24) is 14.9 Å². The van der Waals surface area contributed by atoms with Gasteiger partial charge in [0.15, 0.2) is 0 Å². The van der Waals surface area contributed by atoms with Gasteiger partial charge in [-0.1, -0.05) is 60.5 Å². The predicted octanol–water partition coefficient (Wildman–Crippen LogP) is 5.60. The van der Waals surface area contributed by atoms with E-state index in [1.54, 1.807) is 18.2 Å². The Balaban J connectivity index is 1.58. The molecule has 0 aliphatic carbocycles. The fourth-order valence-corrected chi connectivity index (χ4v) is 4.89. The number of carbonyl (C=O) groups is 1. The number of hydrogen-bond donors (Lipinski definition) is 0. The number of hydrogen-bond acceptors (Lipinski definition) is 4. The zero-order chi connectivity index (χ0) is 23.4. The number of nitrogens with zero attached hydrogens (tertiary/aromatic N) is 4. The lowest BCUT2D eigenvalue weighted by Crippen LogP contribution is -2.35. The van der Waals surface area contributed by atoms with Crippen LogP contribution >= 0.6 is 23.2 Å². The summed E-state index contributed by atoms with van der Waals surface area (Å²) in [4.78, 5) is 26.9. The molecule has 3 aromatic rings. The van der Waals surface area contributed by atoms with Crippen molar-refractivity contribution in [2.75, 3.05) is 31.1 Å². The molecule has 1 saturated heterocycles. The van der Waals surface area contributed by atoms with Crippen molar-refractivity contribution < 1.29 is 4.79 Å². The lowest BCUT2D eigenvalue weighted by molar-refractivity contribution is 0.0767. The van der Waals surface area contributed by atoms with Gasteiger partial charge in [-0.05, 0) is 43.5 Å². The first-order chi connectivity index (χ1) is 15.9. The van der Waals surface area contributed by atoms with Crippen LogP contribution in [0.25, 0.3) is 0 Å². The topological polar surface area (TPSA) is 49.3 Å². The van der Waals surface area contributed by atoms with Gasteiger partial charge < -0.3 is 9.80 Å². The Kier molecular flexibility index (Phi) is 7.51. The highest BCUT2D eigenvalue weighted by molar-refractivity contribution is 6.35. The van der Waals surface area contributed by atoms with Crippen molar-refractivity contribution in [1.29, 1.82) is 0 Å². The zero-order valence-electron chi connectivity index (χ0n) is 19.0. The van der Waals surface area contributed by atoms with Crippen LogP contribution in [0.2, 0.25) is 10.0 Å². The fraction of sp³-hybridized carbons (Fsp3) is 0.346. The van der Waals surface area contributed by atoms with Crippen LogP contribution in [-0.2, 0) is 12.8 Å². The quantitative estimate of drug-likeness (QED) is 0.474. The molecule has 1 aromatic heterocycles. The number of aryl methyl sites for hydroxylation is 2. The largest absolute Gasteiger partial charge is 0.354 e. The summed E-state index contributed by atoms with van der Waals surface area (Å²) in [6.45, 7) is 6.92. The van der Waals surface area contributed by atoms with E-state index in [1.165, 1.54) is 11.1 Å². The van der Waals surface area contributed by atoms with E-state index >= 15 is 0 Å². The van der Waals surface area contributed by atoms with Gasteiger partial charge in [0.1, 0.15) is 11.6 Å². The summed E-state index contributed by atoms with van der Waals surface area (Å²) in [6.07, 6.45) is 2.50. The summed E-state index contributed by atoms with van der Waals surface area (Å²) < 4.78 is 0. The second-order valence-electron chi connectivity index (χ2n) is 8.33. The van der Waals surface area contributed by atoms with Crippen LogP contribution in [0.5, 0.6) is 0 Å². The van der Waals surface area contributed by atoms with Crippen LogP contribution < -0.4 is 4.90 Å². The Labute approximate surface area is 205 Å². The van der Waals surface area contributed by atoms with Gasteiger partial charge in [0, 0.05) is 59.5 Å². The maximum atomic E-state index is 13.1. The van der Waals surface area contributed by atoms with E-state index < -0.39 is 0 Å². The third-order valence-electron chi connectivity index (χ3n) is 5.93. The number of halogens is 2. The zero-order valence-corrected chi connectivity index (χ0v) is 20.5. The summed E-state index contributed by atoms with van der Waals surface area (Å²) in [5.41, 5.74) is 4.03. The molecule has 0 bridgehead atoms. The van der Waals surface area contributed by atoms with Gasteiger partial charge in [0.05, 0.1) is 0 Å². The highest BCUT2D eigenvalue weighted by atomic mass is 35.5. The highest BCUT2D eigenvalue weighted by Gasteiger charge is 2.24. The van der Waals surface area contributed by atoms with Crippen molar-refractivity contribution >= 4 is 34.9 Å². The number of aromatic nitrogens is 2. The maximum Gasteiger partial charge on any atom is 0.254 e. The maximum absolute atomic E-state index is 13.1. The normalized spacial score (nSPS) is 14.3. The van der Waals surface area contributed by atoms with Gasteiger partial charge in [-0.25, -0.2) is 9.97 Å². The number of rotatable bonds is 5. The van der Waals surface area contributed by atoms with E-state index in [9.17, 15) is 4.79 Å². The molecule has 5 nitrogen and oxygen atoms in total. The van der Waals surface area contributed by atoms with Crippen LogP contribution in [0.15, 0.2) is 48.5 Å². The van der Waals surface area contributed by atoms with Crippen LogP contribution in [0.3, 0.4) is 0 Å². The Morgan fingerprint density at radius 1 is 0.970 bits per heavy atom. The van der Waals surface area contributed by atoms with Crippen molar-refractivity contribution in [3.63, 3.8) is 0 Å². The first-order valence-electron chi connectivity index (χ1n) is 11.3. The first-order valence-corrected chi connectivity index (χ1v) is 12.1. The first kappa shape index (κ1) is 23.5. The molecular weight excluding hydrogens is 455 g/mol. The summed E-state index contributed by atoms with van der Waals surface area (Å²) in [5, 5.41) is 0.938. The molecule has 0 atom stereocenters. The minimum Gasteiger partial charge on any atom is -0.354 e. The molecule has 1 aliphatic heterocycles. The molecule has 1 aliphatic rings. The molecule has 7 heteroatoms. The summed E-state index contributed by atoms with van der Waals surface area (Å²) in [6, 6.07) is 15.4. The second-order valence-corrected chi connectivity index (χ2v) is 9.20. The molecule has 2 heterocycles. The third kappa shape index (κ3) is 5.66. The standard InChI is InChI=1S/C26H28Cl2N4O/c1-3-24-23(14-19-8-5-4-6-9-19)25(30-18(2)29-24)31-10-7-11-32(13-12-31)26(33)20-15-21(27)17-22(28)16-20/h4-6,8-9,15-17H,3,7,10-14H2,1-2H3. The summed E-state index contributed by atoms with van der Waals surface area (Å²) >= 11 is 12.2. The number of carbonyl (C=O) groups excluding carboxylic acids is 1. The average Bonchev–Trinajstić information content (AvgIpc) is 3.05. The van der Waals surface area contributed by atoms with Gasteiger partial charge in [0.25, 0.3) is 5.91 Å². The van der Waals surface area contributed by atoms with Gasteiger partial charge in [-0.3, -0.25) is 4.79 Å². The average molecular weight is 483 g/mol. The van der Waals surface area contributed by atoms with E-state index in [4.69, 9.17) is 33.2 Å². The predicted molar refractivity (Wildman–Crippen MR) is 135 cm³/mol. The number of amides is 1. The monoisotopic (exact) mass is 482 g/mol. The Hall–Kier alpha value is -2.63. The Morgan fingerprint density at radius 3 is 2.39 bits per heavy atom. The van der Waals surface area contributed by atoms with Crippen molar-refractivity contribution in [3.05, 3.63) is 86.8 Å². The van der Waals surface area contributed by atoms with E-state index in [0.717, 1.165) is 43.1 Å². The summed E-state index contributed by atoms with van der Waals surface area (Å²) in [7, 11) is 0. The lowest BCUT2D eigenvalue weighted by Gasteiger charge is -2.26. The number of benzene rings is 2. The fourth-order valence-electron chi connectivity index (χ4n) is 4.36. The summed E-state index contributed by atoms with van der Waals surface area (Å²) in [5.74, 6) is 1.73. The van der Waals surface area contributed by atoms with E-state index in [2.05, 4.69) is 36.1 Å². The number of anilines is 1. The van der Waals surface area contributed by atoms with Gasteiger partial charge >= 0.3 is 0 Å².